The van der Waals surface area contributed by atoms with E-state index >= 15 is 0 Å². The molecule has 0 N–H and O–H groups in total. The molecule has 1 fully saturated rings. The van der Waals surface area contributed by atoms with Gasteiger partial charge in [0.05, 0.1) is 6.54 Å². The molecule has 1 saturated heterocycles. The molecule has 4 nitrogen and oxygen atoms in total. The van der Waals surface area contributed by atoms with Crippen molar-refractivity contribution in [3.8, 4) is 0 Å². The van der Waals surface area contributed by atoms with Crippen molar-refractivity contribution in [2.75, 3.05) is 4.90 Å². The third-order valence-electron chi connectivity index (χ3n) is 5.64. The molecule has 1 heterocycles. The number of hydrogen-bond donors (Lipinski definition) is 0. The summed E-state index contributed by atoms with van der Waals surface area (Å²) >= 11 is 0. The van der Waals surface area contributed by atoms with Crippen molar-refractivity contribution < 1.29 is 9.59 Å². The lowest BCUT2D eigenvalue weighted by atomic mass is 9.84. The van der Waals surface area contributed by atoms with Gasteiger partial charge >= 0.3 is 6.03 Å². The molecule has 0 aromatic heterocycles. The average Bonchev–Trinajstić information content (AvgIpc) is 2.81. The van der Waals surface area contributed by atoms with E-state index in [-0.39, 0.29) is 17.4 Å². The molecule has 148 valence electrons. The van der Waals surface area contributed by atoms with Gasteiger partial charge in [0, 0.05) is 5.69 Å². The molecule has 0 unspecified atom stereocenters. The minimum atomic E-state index is -0.496. The maximum Gasteiger partial charge on any atom is 0.332 e. The lowest BCUT2D eigenvalue weighted by Gasteiger charge is -2.24. The summed E-state index contributed by atoms with van der Waals surface area (Å²) in [6.07, 6.45) is 0. The maximum atomic E-state index is 13.1. The van der Waals surface area contributed by atoms with Crippen LogP contribution in [0.25, 0.3) is 0 Å². The molecule has 3 amide bonds. The fraction of sp³-hybridized carbons (Fsp3) is 0.417. The predicted octanol–water partition coefficient (Wildman–Crippen LogP) is 5.27. The van der Waals surface area contributed by atoms with Crippen LogP contribution in [0, 0.1) is 20.8 Å². The van der Waals surface area contributed by atoms with Gasteiger partial charge in [-0.25, -0.2) is 4.79 Å². The number of benzene rings is 2. The van der Waals surface area contributed by atoms with Gasteiger partial charge in [-0.3, -0.25) is 14.6 Å². The summed E-state index contributed by atoms with van der Waals surface area (Å²) in [5.74, 6) is -0.149. The fourth-order valence-electron chi connectivity index (χ4n) is 3.74. The third-order valence-corrected chi connectivity index (χ3v) is 5.64. The Hall–Kier alpha value is -2.62. The van der Waals surface area contributed by atoms with E-state index in [2.05, 4.69) is 46.8 Å². The molecule has 2 aromatic rings. The first-order valence-electron chi connectivity index (χ1n) is 9.82. The number of urea groups is 1. The summed E-state index contributed by atoms with van der Waals surface area (Å²) < 4.78 is 0. The van der Waals surface area contributed by atoms with E-state index in [0.717, 1.165) is 27.9 Å². The number of nitrogens with zero attached hydrogens (tertiary/aromatic N) is 2. The molecule has 1 aliphatic heterocycles. The minimum absolute atomic E-state index is 0.0596. The second-order valence-corrected chi connectivity index (χ2v) is 8.93. The Morgan fingerprint density at radius 3 is 1.96 bits per heavy atom. The number of rotatable bonds is 3. The maximum absolute atomic E-state index is 13.1. The van der Waals surface area contributed by atoms with E-state index < -0.39 is 6.04 Å². The highest BCUT2D eigenvalue weighted by Gasteiger charge is 2.43. The van der Waals surface area contributed by atoms with Crippen LogP contribution in [-0.2, 0) is 16.8 Å². The van der Waals surface area contributed by atoms with Gasteiger partial charge < -0.3 is 0 Å². The highest BCUT2D eigenvalue weighted by Crippen LogP contribution is 2.31. The van der Waals surface area contributed by atoms with Crippen LogP contribution in [0.4, 0.5) is 10.5 Å². The van der Waals surface area contributed by atoms with Crippen LogP contribution in [0.5, 0.6) is 0 Å². The van der Waals surface area contributed by atoms with Gasteiger partial charge in [0.25, 0.3) is 5.91 Å². The Morgan fingerprint density at radius 2 is 1.46 bits per heavy atom. The number of amides is 3. The topological polar surface area (TPSA) is 40.6 Å². The Kier molecular flexibility index (Phi) is 5.09. The van der Waals surface area contributed by atoms with Crippen molar-refractivity contribution in [2.45, 2.75) is 66.5 Å². The summed E-state index contributed by atoms with van der Waals surface area (Å²) in [6.45, 7) is 14.8. The van der Waals surface area contributed by atoms with E-state index in [9.17, 15) is 9.59 Å². The quantitative estimate of drug-likeness (QED) is 0.683. The number of carbonyl (C=O) groups is 2. The van der Waals surface area contributed by atoms with Crippen LogP contribution < -0.4 is 4.90 Å². The van der Waals surface area contributed by atoms with Gasteiger partial charge in [-0.2, -0.15) is 0 Å². The predicted molar refractivity (Wildman–Crippen MR) is 114 cm³/mol. The Balaban J connectivity index is 1.92. The smallest absolute Gasteiger partial charge is 0.282 e. The summed E-state index contributed by atoms with van der Waals surface area (Å²) in [5, 5.41) is 0. The third kappa shape index (κ3) is 3.56. The summed E-state index contributed by atoms with van der Waals surface area (Å²) in [7, 11) is 0. The van der Waals surface area contributed by atoms with Gasteiger partial charge in [-0.05, 0) is 67.5 Å². The van der Waals surface area contributed by atoms with E-state index in [4.69, 9.17) is 0 Å². The van der Waals surface area contributed by atoms with Crippen molar-refractivity contribution >= 4 is 17.6 Å². The van der Waals surface area contributed by atoms with Crippen LogP contribution in [-0.4, -0.2) is 22.9 Å². The second kappa shape index (κ2) is 7.08. The highest BCUT2D eigenvalue weighted by molar-refractivity contribution is 6.14. The van der Waals surface area contributed by atoms with Crippen LogP contribution in [0.1, 0.15) is 55.5 Å². The number of imide groups is 1. The summed E-state index contributed by atoms with van der Waals surface area (Å²) in [5.41, 5.74) is 6.49. The van der Waals surface area contributed by atoms with Crippen LogP contribution in [0.3, 0.4) is 0 Å². The molecule has 3 rings (SSSR count). The zero-order chi connectivity index (χ0) is 20.8. The average molecular weight is 379 g/mol. The first-order valence-corrected chi connectivity index (χ1v) is 9.82. The Labute approximate surface area is 168 Å². The van der Waals surface area contributed by atoms with Crippen molar-refractivity contribution in [1.29, 1.82) is 0 Å². The van der Waals surface area contributed by atoms with E-state index in [1.165, 1.54) is 10.5 Å². The van der Waals surface area contributed by atoms with Gasteiger partial charge in [-0.15, -0.1) is 0 Å². The lowest BCUT2D eigenvalue weighted by Crippen LogP contribution is -2.33. The second-order valence-electron chi connectivity index (χ2n) is 8.93. The van der Waals surface area contributed by atoms with Gasteiger partial charge in [-0.1, -0.05) is 50.6 Å². The van der Waals surface area contributed by atoms with Crippen molar-refractivity contribution in [2.24, 2.45) is 0 Å². The van der Waals surface area contributed by atoms with Crippen molar-refractivity contribution in [3.05, 3.63) is 64.2 Å². The van der Waals surface area contributed by atoms with Crippen molar-refractivity contribution in [3.63, 3.8) is 0 Å². The fourth-order valence-corrected chi connectivity index (χ4v) is 3.74. The standard InChI is InChI=1S/C24H30N2O2/c1-15-8-10-20(11-9-15)26-18(4)22(27)25(23(26)28)14-21-16(2)12-19(13-17(21)3)24(5,6)7/h8-13,18H,14H2,1-7H3/t18-/m1/s1. The number of carbonyl (C=O) groups excluding carboxylic acids is 2. The monoisotopic (exact) mass is 378 g/mol. The normalized spacial score (nSPS) is 17.6. The lowest BCUT2D eigenvalue weighted by molar-refractivity contribution is -0.127. The van der Waals surface area contributed by atoms with Crippen LogP contribution in [0.2, 0.25) is 0 Å². The van der Waals surface area contributed by atoms with E-state index in [1.54, 1.807) is 11.8 Å². The van der Waals surface area contributed by atoms with E-state index in [1.807, 2.05) is 31.2 Å². The summed E-state index contributed by atoms with van der Waals surface area (Å²) in [6, 6.07) is 11.3. The van der Waals surface area contributed by atoms with E-state index in [0.29, 0.717) is 6.54 Å². The van der Waals surface area contributed by atoms with Gasteiger partial charge in [0.2, 0.25) is 0 Å². The molecular formula is C24H30N2O2. The van der Waals surface area contributed by atoms with Crippen molar-refractivity contribution in [1.82, 2.24) is 4.90 Å². The van der Waals surface area contributed by atoms with Crippen LogP contribution >= 0.6 is 0 Å². The molecule has 4 heteroatoms. The number of aryl methyl sites for hydroxylation is 3. The zero-order valence-electron chi connectivity index (χ0n) is 18.0. The SMILES string of the molecule is Cc1ccc(N2C(=O)N(Cc3c(C)cc(C(C)(C)C)cc3C)C(=O)[C@H]2C)cc1. The van der Waals surface area contributed by atoms with Crippen LogP contribution in [0.15, 0.2) is 36.4 Å². The molecule has 0 spiro atoms. The van der Waals surface area contributed by atoms with Gasteiger partial charge in [0.15, 0.2) is 0 Å². The highest BCUT2D eigenvalue weighted by atomic mass is 16.2. The molecule has 0 aliphatic carbocycles. The molecule has 0 saturated carbocycles. The molecule has 1 aliphatic rings. The first-order chi connectivity index (χ1) is 13.0. The zero-order valence-corrected chi connectivity index (χ0v) is 18.0. The minimum Gasteiger partial charge on any atom is -0.282 e. The Morgan fingerprint density at radius 1 is 0.929 bits per heavy atom. The molecule has 1 atom stereocenters. The first kappa shape index (κ1) is 20.1. The largest absolute Gasteiger partial charge is 0.332 e. The molecular weight excluding hydrogens is 348 g/mol. The number of anilines is 1. The molecule has 28 heavy (non-hydrogen) atoms. The Bertz CT molecular complexity index is 900. The number of hydrogen-bond acceptors (Lipinski definition) is 2. The molecule has 0 bridgehead atoms. The molecule has 0 radical (unpaired) electrons. The van der Waals surface area contributed by atoms with Gasteiger partial charge in [0.1, 0.15) is 6.04 Å². The molecule has 2 aromatic carbocycles. The summed E-state index contributed by atoms with van der Waals surface area (Å²) in [4.78, 5) is 29.0.